The molecule has 0 aliphatic rings. The Morgan fingerprint density at radius 1 is 2.00 bits per heavy atom. The fraction of sp³-hybridized carbons (Fsp3) is 0.750. The number of hydrogen-bond acceptors (Lipinski definition) is 1. The summed E-state index contributed by atoms with van der Waals surface area (Å²) in [6.45, 7) is -6.77. The van der Waals surface area contributed by atoms with Crippen LogP contribution in [-0.2, 0) is 4.79 Å². The molecule has 0 fully saturated rings. The molecule has 0 heterocycles. The molecule has 3 heteroatoms. The quantitative estimate of drug-likeness (QED) is 0.580. The molecule has 0 saturated carbocycles. The standard InChI is InChI=1S/C4H8O2.ClH/c1-3(2)4(5)6;/h3H,1-2H3,(H,5,6);1H/i1D3,2D3,3D;. The van der Waals surface area contributed by atoms with Gasteiger partial charge in [-0.15, -0.1) is 12.4 Å². The van der Waals surface area contributed by atoms with Gasteiger partial charge in [0.1, 0.15) is 0 Å². The largest absolute Gasteiger partial charge is 0.481 e. The fourth-order valence-corrected chi connectivity index (χ4v) is 0. The first-order valence-corrected chi connectivity index (χ1v) is 1.18. The molecule has 0 aromatic carbocycles. The Hall–Kier alpha value is -0.240. The van der Waals surface area contributed by atoms with Crippen LogP contribution < -0.4 is 0 Å². The zero-order valence-electron chi connectivity index (χ0n) is 10.3. The highest BCUT2D eigenvalue weighted by Crippen LogP contribution is 1.87. The van der Waals surface area contributed by atoms with E-state index in [9.17, 15) is 4.79 Å². The van der Waals surface area contributed by atoms with Crippen molar-refractivity contribution in [1.82, 2.24) is 0 Å². The molecular weight excluding hydrogens is 115 g/mol. The molecular formula is C4H9ClO2. The van der Waals surface area contributed by atoms with Gasteiger partial charge in [-0.05, 0) is 0 Å². The third-order valence-electron chi connectivity index (χ3n) is 0.214. The number of carboxylic acid groups (broad SMARTS) is 1. The predicted molar refractivity (Wildman–Crippen MR) is 29.7 cm³/mol. The minimum Gasteiger partial charge on any atom is -0.481 e. The number of carboxylic acids is 1. The van der Waals surface area contributed by atoms with Crippen molar-refractivity contribution in [3.05, 3.63) is 0 Å². The summed E-state index contributed by atoms with van der Waals surface area (Å²) in [6, 6.07) is 0. The van der Waals surface area contributed by atoms with Crippen molar-refractivity contribution in [2.24, 2.45) is 5.89 Å². The molecule has 0 spiro atoms. The molecule has 0 aromatic rings. The van der Waals surface area contributed by atoms with Crippen molar-refractivity contribution in [2.75, 3.05) is 0 Å². The second-order valence-corrected chi connectivity index (χ2v) is 0.680. The second kappa shape index (κ2) is 3.93. The molecule has 0 aromatic heterocycles. The van der Waals surface area contributed by atoms with Crippen molar-refractivity contribution >= 4 is 18.4 Å². The number of carbonyl (C=O) groups is 1. The monoisotopic (exact) mass is 131 g/mol. The van der Waals surface area contributed by atoms with Gasteiger partial charge in [0.25, 0.3) is 0 Å². The zero-order valence-corrected chi connectivity index (χ0v) is 4.08. The van der Waals surface area contributed by atoms with Crippen molar-refractivity contribution in [2.45, 2.75) is 13.7 Å². The summed E-state index contributed by atoms with van der Waals surface area (Å²) in [5, 5.41) is 8.40. The van der Waals surface area contributed by atoms with Crippen LogP contribution in [0.3, 0.4) is 0 Å². The first-order chi connectivity index (χ1) is 5.44. The lowest BCUT2D eigenvalue weighted by molar-refractivity contribution is -0.140. The van der Waals surface area contributed by atoms with Crippen molar-refractivity contribution < 1.29 is 19.5 Å². The van der Waals surface area contributed by atoms with E-state index >= 15 is 0 Å². The van der Waals surface area contributed by atoms with E-state index in [2.05, 4.69) is 0 Å². The first-order valence-electron chi connectivity index (χ1n) is 4.68. The summed E-state index contributed by atoms with van der Waals surface area (Å²) in [5.41, 5.74) is 0. The van der Waals surface area contributed by atoms with Crippen LogP contribution in [0.5, 0.6) is 0 Å². The number of aliphatic carboxylic acids is 1. The van der Waals surface area contributed by atoms with E-state index in [-0.39, 0.29) is 12.4 Å². The smallest absolute Gasteiger partial charge is 0.305 e. The van der Waals surface area contributed by atoms with Crippen LogP contribution >= 0.6 is 12.4 Å². The fourth-order valence-electron chi connectivity index (χ4n) is 0. The molecule has 0 amide bonds. The van der Waals surface area contributed by atoms with Crippen LogP contribution in [0.25, 0.3) is 0 Å². The van der Waals surface area contributed by atoms with Crippen molar-refractivity contribution in [3.8, 4) is 0 Å². The van der Waals surface area contributed by atoms with Gasteiger partial charge >= 0.3 is 5.97 Å². The third kappa shape index (κ3) is 5.76. The van der Waals surface area contributed by atoms with E-state index in [1.807, 2.05) is 0 Å². The predicted octanol–water partition coefficient (Wildman–Crippen LogP) is 1.15. The van der Waals surface area contributed by atoms with Gasteiger partial charge < -0.3 is 5.11 Å². The van der Waals surface area contributed by atoms with Crippen LogP contribution in [0.2, 0.25) is 0 Å². The van der Waals surface area contributed by atoms with Gasteiger partial charge in [0.15, 0.2) is 0 Å². The summed E-state index contributed by atoms with van der Waals surface area (Å²) in [6.07, 6.45) is 0. The van der Waals surface area contributed by atoms with Crippen molar-refractivity contribution in [1.29, 1.82) is 0 Å². The number of hydrogen-bond donors (Lipinski definition) is 1. The summed E-state index contributed by atoms with van der Waals surface area (Å²) < 4.78 is 47.0. The average Bonchev–Trinajstić information content (AvgIpc) is 1.80. The van der Waals surface area contributed by atoms with E-state index in [4.69, 9.17) is 14.7 Å². The molecule has 0 unspecified atom stereocenters. The first kappa shape index (κ1) is 1.62. The van der Waals surface area contributed by atoms with Crippen LogP contribution in [0, 0.1) is 5.89 Å². The summed E-state index contributed by atoms with van der Waals surface area (Å²) in [7, 11) is 0. The van der Waals surface area contributed by atoms with E-state index < -0.39 is 25.6 Å². The van der Waals surface area contributed by atoms with Gasteiger partial charge in [-0.1, -0.05) is 13.7 Å². The molecule has 0 aliphatic heterocycles. The normalized spacial score (nSPS) is 27.7. The Bertz CT molecular complexity index is 205. The topological polar surface area (TPSA) is 37.3 Å². The molecule has 0 bridgehead atoms. The molecule has 1 N–H and O–H groups in total. The van der Waals surface area contributed by atoms with E-state index in [1.54, 1.807) is 0 Å². The van der Waals surface area contributed by atoms with Gasteiger partial charge in [0.05, 0.1) is 5.89 Å². The molecule has 0 atom stereocenters. The Labute approximate surface area is 58.8 Å². The molecule has 0 saturated heterocycles. The molecule has 0 radical (unpaired) electrons. The number of halogens is 1. The van der Waals surface area contributed by atoms with E-state index in [1.165, 1.54) is 0 Å². The Morgan fingerprint density at radius 2 is 2.43 bits per heavy atom. The summed E-state index contributed by atoms with van der Waals surface area (Å²) in [4.78, 5) is 10.4. The lowest BCUT2D eigenvalue weighted by atomic mass is 10.2. The lowest BCUT2D eigenvalue weighted by Crippen LogP contribution is -2.03. The molecule has 0 rings (SSSR count). The van der Waals surface area contributed by atoms with Gasteiger partial charge in [-0.2, -0.15) is 0 Å². The average molecular weight is 132 g/mol. The maximum Gasteiger partial charge on any atom is 0.305 e. The van der Waals surface area contributed by atoms with Gasteiger partial charge in [0, 0.05) is 9.60 Å². The van der Waals surface area contributed by atoms with Crippen LogP contribution in [-0.4, -0.2) is 11.1 Å². The van der Waals surface area contributed by atoms with Crippen molar-refractivity contribution in [3.63, 3.8) is 0 Å². The second-order valence-electron chi connectivity index (χ2n) is 0.680. The molecule has 0 aliphatic carbocycles. The summed E-state index contributed by atoms with van der Waals surface area (Å²) in [5.74, 6) is -5.63. The Kier molecular flexibility index (Phi) is 0.911. The van der Waals surface area contributed by atoms with Crippen LogP contribution in [0.4, 0.5) is 0 Å². The maximum atomic E-state index is 10.4. The van der Waals surface area contributed by atoms with Gasteiger partial charge in [-0.25, -0.2) is 0 Å². The highest BCUT2D eigenvalue weighted by atomic mass is 35.5. The van der Waals surface area contributed by atoms with Gasteiger partial charge in [0.2, 0.25) is 0 Å². The molecule has 2 nitrogen and oxygen atoms in total. The third-order valence-corrected chi connectivity index (χ3v) is 0.214. The zero-order chi connectivity index (χ0) is 11.1. The van der Waals surface area contributed by atoms with Crippen LogP contribution in [0.1, 0.15) is 23.3 Å². The Morgan fingerprint density at radius 3 is 2.43 bits per heavy atom. The maximum absolute atomic E-state index is 10.4. The van der Waals surface area contributed by atoms with E-state index in [0.717, 1.165) is 0 Å². The summed E-state index contributed by atoms with van der Waals surface area (Å²) >= 11 is 0. The lowest BCUT2D eigenvalue weighted by Gasteiger charge is -1.89. The number of rotatable bonds is 1. The molecule has 44 valence electrons. The van der Waals surface area contributed by atoms with E-state index in [0.29, 0.717) is 0 Å². The molecule has 7 heavy (non-hydrogen) atoms. The van der Waals surface area contributed by atoms with Crippen LogP contribution in [0.15, 0.2) is 0 Å². The Balaban J connectivity index is 0. The van der Waals surface area contributed by atoms with Gasteiger partial charge in [-0.3, -0.25) is 4.79 Å². The highest BCUT2D eigenvalue weighted by molar-refractivity contribution is 5.85. The highest BCUT2D eigenvalue weighted by Gasteiger charge is 1.99. The SMILES string of the molecule is Cl.[2H]C([2H])([2H])C([2H])(C(=O)O)C([2H])([2H])[2H]. The minimum atomic E-state index is -3.46. The minimum absolute atomic E-state index is 0.